The Morgan fingerprint density at radius 2 is 2.20 bits per heavy atom. The molecule has 0 heterocycles. The maximum Gasteiger partial charge on any atom is 0.335 e. The lowest BCUT2D eigenvalue weighted by Crippen LogP contribution is -2.08. The number of rotatable bonds is 4. The molecule has 1 aromatic carbocycles. The summed E-state index contributed by atoms with van der Waals surface area (Å²) in [6, 6.07) is 4.89. The van der Waals surface area contributed by atoms with Crippen LogP contribution in [0, 0.1) is 0 Å². The predicted octanol–water partition coefficient (Wildman–Crippen LogP) is 3.07. The summed E-state index contributed by atoms with van der Waals surface area (Å²) in [6.45, 7) is 3.82. The number of benzene rings is 1. The summed E-state index contributed by atoms with van der Waals surface area (Å²) in [5, 5.41) is 9.49. The van der Waals surface area contributed by atoms with Gasteiger partial charge in [-0.25, -0.2) is 4.79 Å². The average molecular weight is 273 g/mol. The number of carboxylic acid groups (broad SMARTS) is 1. The van der Waals surface area contributed by atoms with Gasteiger partial charge in [-0.15, -0.1) is 0 Å². The SMILES string of the molecule is CC(C)Oc1cc(C(=O)O)ccc1CBr. The Bertz CT molecular complexity index is 361. The number of aromatic carboxylic acids is 1. The summed E-state index contributed by atoms with van der Waals surface area (Å²) in [6.07, 6.45) is 0.0341. The van der Waals surface area contributed by atoms with Crippen LogP contribution in [0.2, 0.25) is 0 Å². The second-order valence-corrected chi connectivity index (χ2v) is 3.99. The van der Waals surface area contributed by atoms with Crippen molar-refractivity contribution in [1.29, 1.82) is 0 Å². The van der Waals surface area contributed by atoms with Gasteiger partial charge in [0.1, 0.15) is 5.75 Å². The summed E-state index contributed by atoms with van der Waals surface area (Å²) in [5.74, 6) is -0.313. The fourth-order valence-electron chi connectivity index (χ4n) is 1.16. The van der Waals surface area contributed by atoms with Crippen molar-refractivity contribution in [1.82, 2.24) is 0 Å². The molecule has 82 valence electrons. The molecule has 0 aliphatic heterocycles. The van der Waals surface area contributed by atoms with Crippen molar-refractivity contribution in [3.63, 3.8) is 0 Å². The van der Waals surface area contributed by atoms with Crippen molar-refractivity contribution in [2.45, 2.75) is 25.3 Å². The number of carboxylic acids is 1. The molecule has 1 N–H and O–H groups in total. The smallest absolute Gasteiger partial charge is 0.335 e. The number of carbonyl (C=O) groups is 1. The van der Waals surface area contributed by atoms with Crippen molar-refractivity contribution in [2.24, 2.45) is 0 Å². The van der Waals surface area contributed by atoms with E-state index in [-0.39, 0.29) is 11.7 Å². The first-order chi connectivity index (χ1) is 7.04. The van der Waals surface area contributed by atoms with E-state index >= 15 is 0 Å². The molecule has 15 heavy (non-hydrogen) atoms. The topological polar surface area (TPSA) is 46.5 Å². The number of hydrogen-bond acceptors (Lipinski definition) is 2. The van der Waals surface area contributed by atoms with Crippen LogP contribution in [0.5, 0.6) is 5.75 Å². The summed E-state index contributed by atoms with van der Waals surface area (Å²) in [7, 11) is 0. The maximum absolute atomic E-state index is 10.8. The third-order valence-corrected chi connectivity index (χ3v) is 2.42. The van der Waals surface area contributed by atoms with Gasteiger partial charge in [0.15, 0.2) is 0 Å². The van der Waals surface area contributed by atoms with E-state index in [0.717, 1.165) is 5.56 Å². The first-order valence-corrected chi connectivity index (χ1v) is 5.75. The van der Waals surface area contributed by atoms with E-state index in [4.69, 9.17) is 9.84 Å². The van der Waals surface area contributed by atoms with E-state index in [0.29, 0.717) is 11.1 Å². The van der Waals surface area contributed by atoms with Crippen molar-refractivity contribution < 1.29 is 14.6 Å². The second-order valence-electron chi connectivity index (χ2n) is 3.43. The lowest BCUT2D eigenvalue weighted by molar-refractivity contribution is 0.0696. The quantitative estimate of drug-likeness (QED) is 0.857. The van der Waals surface area contributed by atoms with Crippen molar-refractivity contribution in [3.8, 4) is 5.75 Å². The molecule has 1 rings (SSSR count). The van der Waals surface area contributed by atoms with E-state index in [1.165, 1.54) is 0 Å². The van der Waals surface area contributed by atoms with Crippen LogP contribution >= 0.6 is 15.9 Å². The van der Waals surface area contributed by atoms with Gasteiger partial charge in [0, 0.05) is 10.9 Å². The van der Waals surface area contributed by atoms with Crippen LogP contribution in [-0.2, 0) is 5.33 Å². The van der Waals surface area contributed by atoms with E-state index in [1.54, 1.807) is 18.2 Å². The largest absolute Gasteiger partial charge is 0.491 e. The highest BCUT2D eigenvalue weighted by molar-refractivity contribution is 9.08. The lowest BCUT2D eigenvalue weighted by atomic mass is 10.1. The minimum atomic E-state index is -0.940. The van der Waals surface area contributed by atoms with Gasteiger partial charge < -0.3 is 9.84 Å². The zero-order valence-corrected chi connectivity index (χ0v) is 10.2. The standard InChI is InChI=1S/C11H13BrO3/c1-7(2)15-10-5-8(11(13)14)3-4-9(10)6-12/h3-5,7H,6H2,1-2H3,(H,13,14). The van der Waals surface area contributed by atoms with Crippen LogP contribution in [0.3, 0.4) is 0 Å². The molecule has 0 aromatic heterocycles. The van der Waals surface area contributed by atoms with Gasteiger partial charge in [-0.1, -0.05) is 22.0 Å². The molecule has 3 nitrogen and oxygen atoms in total. The van der Waals surface area contributed by atoms with Gasteiger partial charge in [0.05, 0.1) is 11.7 Å². The van der Waals surface area contributed by atoms with Crippen LogP contribution < -0.4 is 4.74 Å². The van der Waals surface area contributed by atoms with Gasteiger partial charge in [0.25, 0.3) is 0 Å². The number of ether oxygens (including phenoxy) is 1. The Labute approximate surface area is 97.2 Å². The molecule has 4 heteroatoms. The van der Waals surface area contributed by atoms with Crippen LogP contribution in [0.1, 0.15) is 29.8 Å². The molecular formula is C11H13BrO3. The highest BCUT2D eigenvalue weighted by Gasteiger charge is 2.09. The van der Waals surface area contributed by atoms with E-state index in [9.17, 15) is 4.79 Å². The molecular weight excluding hydrogens is 260 g/mol. The number of hydrogen-bond donors (Lipinski definition) is 1. The molecule has 0 radical (unpaired) electrons. The predicted molar refractivity (Wildman–Crippen MR) is 61.8 cm³/mol. The normalized spacial score (nSPS) is 10.4. The monoisotopic (exact) mass is 272 g/mol. The Morgan fingerprint density at radius 1 is 1.53 bits per heavy atom. The van der Waals surface area contributed by atoms with Crippen molar-refractivity contribution >= 4 is 21.9 Å². The third-order valence-electron chi connectivity index (χ3n) is 1.82. The Morgan fingerprint density at radius 3 is 2.67 bits per heavy atom. The molecule has 0 aliphatic rings. The first-order valence-electron chi connectivity index (χ1n) is 4.63. The minimum Gasteiger partial charge on any atom is -0.491 e. The zero-order chi connectivity index (χ0) is 11.4. The molecule has 0 spiro atoms. The van der Waals surface area contributed by atoms with E-state index < -0.39 is 5.97 Å². The molecule has 0 amide bonds. The lowest BCUT2D eigenvalue weighted by Gasteiger charge is -2.13. The van der Waals surface area contributed by atoms with Gasteiger partial charge in [0.2, 0.25) is 0 Å². The fraction of sp³-hybridized carbons (Fsp3) is 0.364. The molecule has 0 saturated heterocycles. The van der Waals surface area contributed by atoms with Crippen molar-refractivity contribution in [3.05, 3.63) is 29.3 Å². The van der Waals surface area contributed by atoms with Crippen LogP contribution in [0.4, 0.5) is 0 Å². The van der Waals surface area contributed by atoms with Gasteiger partial charge in [-0.2, -0.15) is 0 Å². The Hall–Kier alpha value is -1.03. The van der Waals surface area contributed by atoms with Gasteiger partial charge >= 0.3 is 5.97 Å². The highest BCUT2D eigenvalue weighted by Crippen LogP contribution is 2.24. The van der Waals surface area contributed by atoms with Gasteiger partial charge in [-0.3, -0.25) is 0 Å². The molecule has 0 atom stereocenters. The summed E-state index contributed by atoms with van der Waals surface area (Å²) in [5.41, 5.74) is 1.20. The molecule has 1 aromatic rings. The first kappa shape index (κ1) is 12.0. The summed E-state index contributed by atoms with van der Waals surface area (Å²) >= 11 is 3.33. The third kappa shape index (κ3) is 3.23. The van der Waals surface area contributed by atoms with E-state index in [2.05, 4.69) is 15.9 Å². The summed E-state index contributed by atoms with van der Waals surface area (Å²) in [4.78, 5) is 10.8. The second kappa shape index (κ2) is 5.16. The minimum absolute atomic E-state index is 0.0341. The van der Waals surface area contributed by atoms with Gasteiger partial charge in [-0.05, 0) is 26.0 Å². The van der Waals surface area contributed by atoms with Crippen LogP contribution in [-0.4, -0.2) is 17.2 Å². The molecule has 0 bridgehead atoms. The number of alkyl halides is 1. The molecule has 0 saturated carbocycles. The Balaban J connectivity index is 3.07. The van der Waals surface area contributed by atoms with E-state index in [1.807, 2.05) is 13.8 Å². The zero-order valence-electron chi connectivity index (χ0n) is 8.66. The average Bonchev–Trinajstić information content (AvgIpc) is 2.16. The molecule has 0 fully saturated rings. The Kier molecular flexibility index (Phi) is 4.15. The molecule has 0 unspecified atom stereocenters. The summed E-state index contributed by atoms with van der Waals surface area (Å²) < 4.78 is 5.53. The van der Waals surface area contributed by atoms with Crippen molar-refractivity contribution in [2.75, 3.05) is 0 Å². The highest BCUT2D eigenvalue weighted by atomic mass is 79.9. The number of halogens is 1. The fourth-order valence-corrected chi connectivity index (χ4v) is 1.62. The molecule has 0 aliphatic carbocycles. The van der Waals surface area contributed by atoms with Crippen LogP contribution in [0.25, 0.3) is 0 Å². The van der Waals surface area contributed by atoms with Crippen LogP contribution in [0.15, 0.2) is 18.2 Å². The maximum atomic E-state index is 10.8.